The first kappa shape index (κ1) is 17.3. The highest BCUT2D eigenvalue weighted by atomic mass is 32.2. The maximum Gasteiger partial charge on any atom is 0.281 e. The van der Waals surface area contributed by atoms with Crippen molar-refractivity contribution >= 4 is 10.2 Å². The fraction of sp³-hybridized carbons (Fsp3) is 0.600. The Morgan fingerprint density at radius 3 is 2.45 bits per heavy atom. The number of nitrogens with zero attached hydrogens (tertiary/aromatic N) is 2. The van der Waals surface area contributed by atoms with Gasteiger partial charge in [-0.25, -0.2) is 4.39 Å². The molecule has 0 saturated carbocycles. The quantitative estimate of drug-likeness (QED) is 0.884. The highest BCUT2D eigenvalue weighted by Gasteiger charge is 2.38. The second-order valence-electron chi connectivity index (χ2n) is 6.15. The van der Waals surface area contributed by atoms with E-state index in [-0.39, 0.29) is 17.8 Å². The van der Waals surface area contributed by atoms with Gasteiger partial charge in [0, 0.05) is 33.8 Å². The standard InChI is InChI=1S/C15H23FN2O3S/c1-17(2)22(20,21)18-8-6-15(12-19,7-9-18)11-13-4-3-5-14(16)10-13/h3-5,10,19H,6-9,11-12H2,1-2H3. The number of halogens is 1. The molecule has 5 nitrogen and oxygen atoms in total. The topological polar surface area (TPSA) is 60.9 Å². The van der Waals surface area contributed by atoms with E-state index in [1.807, 2.05) is 6.07 Å². The summed E-state index contributed by atoms with van der Waals surface area (Å²) in [5.41, 5.74) is 0.449. The van der Waals surface area contributed by atoms with Crippen molar-refractivity contribution in [2.75, 3.05) is 33.8 Å². The molecular formula is C15H23FN2O3S. The Labute approximate surface area is 131 Å². The lowest BCUT2D eigenvalue weighted by Crippen LogP contribution is -2.48. The van der Waals surface area contributed by atoms with Crippen molar-refractivity contribution in [1.29, 1.82) is 0 Å². The van der Waals surface area contributed by atoms with Gasteiger partial charge < -0.3 is 5.11 Å². The number of hydrogen-bond acceptors (Lipinski definition) is 3. The van der Waals surface area contributed by atoms with Gasteiger partial charge in [0.15, 0.2) is 0 Å². The summed E-state index contributed by atoms with van der Waals surface area (Å²) in [6.07, 6.45) is 1.68. The summed E-state index contributed by atoms with van der Waals surface area (Å²) in [5.74, 6) is -0.293. The van der Waals surface area contributed by atoms with E-state index in [1.54, 1.807) is 6.07 Å². The smallest absolute Gasteiger partial charge is 0.281 e. The zero-order valence-electron chi connectivity index (χ0n) is 13.0. The van der Waals surface area contributed by atoms with Crippen LogP contribution < -0.4 is 0 Å². The van der Waals surface area contributed by atoms with Crippen LogP contribution in [0.3, 0.4) is 0 Å². The molecule has 0 aliphatic carbocycles. The molecule has 0 aromatic heterocycles. The average Bonchev–Trinajstić information content (AvgIpc) is 2.47. The summed E-state index contributed by atoms with van der Waals surface area (Å²) in [7, 11) is -0.393. The number of aliphatic hydroxyl groups excluding tert-OH is 1. The number of benzene rings is 1. The Morgan fingerprint density at radius 2 is 1.95 bits per heavy atom. The van der Waals surface area contributed by atoms with Crippen LogP contribution in [0.15, 0.2) is 24.3 Å². The zero-order valence-corrected chi connectivity index (χ0v) is 13.8. The molecule has 1 aliphatic rings. The minimum Gasteiger partial charge on any atom is -0.396 e. The maximum atomic E-state index is 13.3. The van der Waals surface area contributed by atoms with E-state index in [4.69, 9.17) is 0 Å². The summed E-state index contributed by atoms with van der Waals surface area (Å²) in [4.78, 5) is 0. The van der Waals surface area contributed by atoms with Gasteiger partial charge in [-0.2, -0.15) is 17.0 Å². The Bertz CT molecular complexity index is 611. The van der Waals surface area contributed by atoms with Gasteiger partial charge in [0.1, 0.15) is 5.82 Å². The van der Waals surface area contributed by atoms with Crippen LogP contribution in [0, 0.1) is 11.2 Å². The molecule has 1 aliphatic heterocycles. The first-order chi connectivity index (χ1) is 10.3. The molecule has 0 bridgehead atoms. The summed E-state index contributed by atoms with van der Waals surface area (Å²) in [6.45, 7) is 0.714. The first-order valence-electron chi connectivity index (χ1n) is 7.32. The first-order valence-corrected chi connectivity index (χ1v) is 8.72. The van der Waals surface area contributed by atoms with Crippen LogP contribution >= 0.6 is 0 Å². The van der Waals surface area contributed by atoms with Crippen LogP contribution in [0.2, 0.25) is 0 Å². The largest absolute Gasteiger partial charge is 0.396 e. The minimum atomic E-state index is -3.41. The van der Waals surface area contributed by atoms with E-state index in [0.717, 1.165) is 5.56 Å². The summed E-state index contributed by atoms with van der Waals surface area (Å²) in [5, 5.41) is 9.80. The molecule has 1 aromatic carbocycles. The third-order valence-electron chi connectivity index (χ3n) is 4.37. The lowest BCUT2D eigenvalue weighted by atomic mass is 9.75. The van der Waals surface area contributed by atoms with Gasteiger partial charge in [-0.15, -0.1) is 0 Å². The second-order valence-corrected chi connectivity index (χ2v) is 8.30. The second kappa shape index (κ2) is 6.62. The SMILES string of the molecule is CN(C)S(=O)(=O)N1CCC(CO)(Cc2cccc(F)c2)CC1. The molecule has 0 radical (unpaired) electrons. The Morgan fingerprint density at radius 1 is 1.32 bits per heavy atom. The molecule has 0 amide bonds. The van der Waals surface area contributed by atoms with Crippen molar-refractivity contribution in [3.05, 3.63) is 35.6 Å². The van der Waals surface area contributed by atoms with Crippen molar-refractivity contribution in [3.63, 3.8) is 0 Å². The molecule has 2 rings (SSSR count). The predicted molar refractivity (Wildman–Crippen MR) is 83.0 cm³/mol. The van der Waals surface area contributed by atoms with Crippen LogP contribution in [-0.4, -0.2) is 55.9 Å². The van der Waals surface area contributed by atoms with Gasteiger partial charge in [0.25, 0.3) is 10.2 Å². The third kappa shape index (κ3) is 3.65. The molecule has 7 heteroatoms. The number of piperidine rings is 1. The molecule has 1 saturated heterocycles. The fourth-order valence-corrected chi connectivity index (χ4v) is 4.00. The zero-order chi connectivity index (χ0) is 16.4. The van der Waals surface area contributed by atoms with Gasteiger partial charge in [-0.05, 0) is 42.4 Å². The molecule has 1 N–H and O–H groups in total. The molecule has 1 heterocycles. The molecule has 0 spiro atoms. The van der Waals surface area contributed by atoms with Crippen LogP contribution in [0.1, 0.15) is 18.4 Å². The maximum absolute atomic E-state index is 13.3. The Balaban J connectivity index is 2.09. The number of hydrogen-bond donors (Lipinski definition) is 1. The van der Waals surface area contributed by atoms with Crippen molar-refractivity contribution in [2.45, 2.75) is 19.3 Å². The molecule has 0 unspecified atom stereocenters. The lowest BCUT2D eigenvalue weighted by Gasteiger charge is -2.40. The molecule has 124 valence electrons. The van der Waals surface area contributed by atoms with Crippen LogP contribution in [-0.2, 0) is 16.6 Å². The van der Waals surface area contributed by atoms with E-state index < -0.39 is 10.2 Å². The van der Waals surface area contributed by atoms with E-state index in [2.05, 4.69) is 0 Å². The highest BCUT2D eigenvalue weighted by Crippen LogP contribution is 2.35. The number of aliphatic hydroxyl groups is 1. The minimum absolute atomic E-state index is 0.0284. The molecule has 0 atom stereocenters. The molecule has 1 fully saturated rings. The molecular weight excluding hydrogens is 307 g/mol. The third-order valence-corrected chi connectivity index (χ3v) is 6.31. The van der Waals surface area contributed by atoms with E-state index in [0.29, 0.717) is 32.4 Å². The summed E-state index contributed by atoms with van der Waals surface area (Å²) >= 11 is 0. The van der Waals surface area contributed by atoms with Gasteiger partial charge >= 0.3 is 0 Å². The van der Waals surface area contributed by atoms with Gasteiger partial charge in [-0.1, -0.05) is 12.1 Å². The van der Waals surface area contributed by atoms with Crippen molar-refractivity contribution in [1.82, 2.24) is 8.61 Å². The lowest BCUT2D eigenvalue weighted by molar-refractivity contribution is 0.0671. The van der Waals surface area contributed by atoms with Crippen molar-refractivity contribution < 1.29 is 17.9 Å². The molecule has 1 aromatic rings. The van der Waals surface area contributed by atoms with Crippen LogP contribution in [0.25, 0.3) is 0 Å². The fourth-order valence-electron chi connectivity index (χ4n) is 2.89. The van der Waals surface area contributed by atoms with Crippen molar-refractivity contribution in [2.24, 2.45) is 5.41 Å². The Hall–Kier alpha value is -1.02. The number of rotatable bonds is 5. The van der Waals surface area contributed by atoms with Crippen LogP contribution in [0.5, 0.6) is 0 Å². The van der Waals surface area contributed by atoms with E-state index in [9.17, 15) is 17.9 Å². The van der Waals surface area contributed by atoms with Gasteiger partial charge in [0.05, 0.1) is 0 Å². The van der Waals surface area contributed by atoms with E-state index in [1.165, 1.54) is 34.8 Å². The van der Waals surface area contributed by atoms with Crippen molar-refractivity contribution in [3.8, 4) is 0 Å². The molecule has 22 heavy (non-hydrogen) atoms. The summed E-state index contributed by atoms with van der Waals surface area (Å²) in [6, 6.07) is 6.35. The average molecular weight is 330 g/mol. The monoisotopic (exact) mass is 330 g/mol. The summed E-state index contributed by atoms with van der Waals surface area (Å²) < 4.78 is 40.2. The Kier molecular flexibility index (Phi) is 5.21. The highest BCUT2D eigenvalue weighted by molar-refractivity contribution is 7.86. The normalized spacial score (nSPS) is 19.5. The van der Waals surface area contributed by atoms with E-state index >= 15 is 0 Å². The predicted octanol–water partition coefficient (Wildman–Crippen LogP) is 1.25. The van der Waals surface area contributed by atoms with Crippen LogP contribution in [0.4, 0.5) is 4.39 Å². The van der Waals surface area contributed by atoms with Gasteiger partial charge in [0.2, 0.25) is 0 Å². The van der Waals surface area contributed by atoms with Gasteiger partial charge in [-0.3, -0.25) is 0 Å².